The Kier molecular flexibility index (Phi) is 7.69. The molecule has 2 N–H and O–H groups in total. The zero-order valence-corrected chi connectivity index (χ0v) is 19.7. The lowest BCUT2D eigenvalue weighted by molar-refractivity contribution is -0.115. The molecule has 7 nitrogen and oxygen atoms in total. The summed E-state index contributed by atoms with van der Waals surface area (Å²) in [6, 6.07) is 13.2. The van der Waals surface area contributed by atoms with Gasteiger partial charge in [0.05, 0.1) is 22.3 Å². The number of amides is 2. The minimum Gasteiger partial charge on any atom is -0.334 e. The Morgan fingerprint density at radius 2 is 1.75 bits per heavy atom. The minimum absolute atomic E-state index is 0.137. The fraction of sp³-hybridized carbons (Fsp3) is 0.333. The van der Waals surface area contributed by atoms with E-state index in [1.807, 2.05) is 70.2 Å². The lowest BCUT2D eigenvalue weighted by Crippen LogP contribution is -2.25. The van der Waals surface area contributed by atoms with Crippen molar-refractivity contribution in [3.63, 3.8) is 0 Å². The molecule has 2 aromatic carbocycles. The van der Waals surface area contributed by atoms with Crippen molar-refractivity contribution in [3.05, 3.63) is 59.4 Å². The number of anilines is 2. The van der Waals surface area contributed by atoms with Gasteiger partial charge in [0.25, 0.3) is 5.89 Å². The maximum absolute atomic E-state index is 12.8. The van der Waals surface area contributed by atoms with Gasteiger partial charge in [0.1, 0.15) is 0 Å². The van der Waals surface area contributed by atoms with E-state index in [1.165, 1.54) is 11.8 Å². The first-order valence-corrected chi connectivity index (χ1v) is 11.5. The molecule has 8 heteroatoms. The number of rotatable bonds is 8. The van der Waals surface area contributed by atoms with Gasteiger partial charge in [-0.25, -0.2) is 0 Å². The summed E-state index contributed by atoms with van der Waals surface area (Å²) in [5.74, 6) is 0.940. The van der Waals surface area contributed by atoms with E-state index < -0.39 is 5.25 Å². The zero-order valence-electron chi connectivity index (χ0n) is 18.9. The number of nitrogens with zero attached hydrogens (tertiary/aromatic N) is 2. The lowest BCUT2D eigenvalue weighted by atomic mass is 10.1. The van der Waals surface area contributed by atoms with Crippen LogP contribution >= 0.6 is 11.8 Å². The number of thioether (sulfide) groups is 1. The van der Waals surface area contributed by atoms with Crippen LogP contribution in [-0.4, -0.2) is 33.0 Å². The fourth-order valence-corrected chi connectivity index (χ4v) is 3.61. The fourth-order valence-electron chi connectivity index (χ4n) is 2.93. The van der Waals surface area contributed by atoms with Crippen LogP contribution in [0.5, 0.6) is 0 Å². The molecule has 0 bridgehead atoms. The summed E-state index contributed by atoms with van der Waals surface area (Å²) >= 11 is 1.27. The molecule has 0 radical (unpaired) electrons. The second-order valence-corrected chi connectivity index (χ2v) is 9.30. The molecule has 0 aliphatic rings. The number of nitrogens with one attached hydrogen (secondary N) is 2. The lowest BCUT2D eigenvalue weighted by Gasteiger charge is -2.15. The zero-order chi connectivity index (χ0) is 23.3. The maximum atomic E-state index is 12.8. The van der Waals surface area contributed by atoms with Gasteiger partial charge in [-0.3, -0.25) is 9.59 Å². The SMILES string of the molecule is Cc1ccc(NC(=O)CSC(C)C(=O)Nc2c(C)cccc2-c2nc(C(C)C)no2)cc1. The highest BCUT2D eigenvalue weighted by molar-refractivity contribution is 8.01. The molecule has 3 rings (SSSR count). The Morgan fingerprint density at radius 1 is 1.03 bits per heavy atom. The first-order chi connectivity index (χ1) is 15.2. The number of carbonyl (C=O) groups is 2. The summed E-state index contributed by atoms with van der Waals surface area (Å²) in [5, 5.41) is 9.41. The molecule has 0 saturated carbocycles. The van der Waals surface area contributed by atoms with Crippen molar-refractivity contribution < 1.29 is 14.1 Å². The number of benzene rings is 2. The third kappa shape index (κ3) is 5.97. The van der Waals surface area contributed by atoms with Crippen molar-refractivity contribution in [2.45, 2.75) is 45.8 Å². The Morgan fingerprint density at radius 3 is 2.41 bits per heavy atom. The Balaban J connectivity index is 1.63. The highest BCUT2D eigenvalue weighted by Crippen LogP contribution is 2.31. The van der Waals surface area contributed by atoms with Gasteiger partial charge < -0.3 is 15.2 Å². The van der Waals surface area contributed by atoms with Crippen molar-refractivity contribution in [3.8, 4) is 11.5 Å². The van der Waals surface area contributed by atoms with Crippen LogP contribution in [0.25, 0.3) is 11.5 Å². The molecule has 0 fully saturated rings. The van der Waals surface area contributed by atoms with Gasteiger partial charge >= 0.3 is 0 Å². The van der Waals surface area contributed by atoms with Crippen LogP contribution in [0, 0.1) is 13.8 Å². The predicted molar refractivity (Wildman–Crippen MR) is 129 cm³/mol. The molecule has 0 aliphatic heterocycles. The minimum atomic E-state index is -0.430. The molecule has 0 aliphatic carbocycles. The van der Waals surface area contributed by atoms with Gasteiger partial charge in [-0.1, -0.05) is 48.8 Å². The second-order valence-electron chi connectivity index (χ2n) is 7.97. The van der Waals surface area contributed by atoms with E-state index in [0.29, 0.717) is 23.0 Å². The topological polar surface area (TPSA) is 97.1 Å². The van der Waals surface area contributed by atoms with Crippen LogP contribution in [0.3, 0.4) is 0 Å². The molecule has 3 aromatic rings. The number of hydrogen-bond donors (Lipinski definition) is 2. The van der Waals surface area contributed by atoms with Crippen LogP contribution in [-0.2, 0) is 9.59 Å². The van der Waals surface area contributed by atoms with E-state index in [2.05, 4.69) is 20.8 Å². The van der Waals surface area contributed by atoms with Gasteiger partial charge in [0.2, 0.25) is 11.8 Å². The molecule has 1 atom stereocenters. The largest absolute Gasteiger partial charge is 0.334 e. The van der Waals surface area contributed by atoms with Crippen LogP contribution in [0.4, 0.5) is 11.4 Å². The molecular weight excluding hydrogens is 424 g/mol. The van der Waals surface area contributed by atoms with Crippen molar-refractivity contribution >= 4 is 35.0 Å². The van der Waals surface area contributed by atoms with E-state index in [9.17, 15) is 9.59 Å². The number of carbonyl (C=O) groups excluding carboxylic acids is 2. The Bertz CT molecular complexity index is 1090. The summed E-state index contributed by atoms with van der Waals surface area (Å²) in [6.45, 7) is 9.65. The summed E-state index contributed by atoms with van der Waals surface area (Å²) in [4.78, 5) is 29.5. The monoisotopic (exact) mass is 452 g/mol. The average molecular weight is 453 g/mol. The normalized spacial score (nSPS) is 11.9. The summed E-state index contributed by atoms with van der Waals surface area (Å²) in [7, 11) is 0. The standard InChI is InChI=1S/C24H28N4O3S/c1-14(2)22-27-24(31-28-22)19-8-6-7-16(4)21(19)26-23(30)17(5)32-13-20(29)25-18-11-9-15(3)10-12-18/h6-12,14,17H,13H2,1-5H3,(H,25,29)(H,26,30). The van der Waals surface area contributed by atoms with Crippen molar-refractivity contribution in [2.75, 3.05) is 16.4 Å². The third-order valence-electron chi connectivity index (χ3n) is 4.88. The second kappa shape index (κ2) is 10.5. The highest BCUT2D eigenvalue weighted by atomic mass is 32.2. The molecule has 32 heavy (non-hydrogen) atoms. The van der Waals surface area contributed by atoms with Crippen LogP contribution in [0.15, 0.2) is 47.0 Å². The van der Waals surface area contributed by atoms with Crippen molar-refractivity contribution in [1.82, 2.24) is 10.1 Å². The highest BCUT2D eigenvalue weighted by Gasteiger charge is 2.21. The van der Waals surface area contributed by atoms with Crippen LogP contribution in [0.1, 0.15) is 43.6 Å². The van der Waals surface area contributed by atoms with E-state index in [1.54, 1.807) is 6.92 Å². The number of hydrogen-bond acceptors (Lipinski definition) is 6. The molecule has 168 valence electrons. The van der Waals surface area contributed by atoms with Gasteiger partial charge in [-0.15, -0.1) is 11.8 Å². The van der Waals surface area contributed by atoms with E-state index in [-0.39, 0.29) is 23.5 Å². The molecule has 1 heterocycles. The van der Waals surface area contributed by atoms with E-state index in [0.717, 1.165) is 16.8 Å². The van der Waals surface area contributed by atoms with Crippen molar-refractivity contribution in [2.24, 2.45) is 0 Å². The maximum Gasteiger partial charge on any atom is 0.260 e. The number of aryl methyl sites for hydroxylation is 2. The molecule has 1 aromatic heterocycles. The molecular formula is C24H28N4O3S. The predicted octanol–water partition coefficient (Wildman–Crippen LogP) is 5.18. The van der Waals surface area contributed by atoms with Crippen LogP contribution < -0.4 is 10.6 Å². The first-order valence-electron chi connectivity index (χ1n) is 10.5. The average Bonchev–Trinajstić information content (AvgIpc) is 3.25. The Labute approximate surface area is 192 Å². The van der Waals surface area contributed by atoms with E-state index in [4.69, 9.17) is 4.52 Å². The molecule has 0 spiro atoms. The quantitative estimate of drug-likeness (QED) is 0.489. The van der Waals surface area contributed by atoms with Crippen LogP contribution in [0.2, 0.25) is 0 Å². The third-order valence-corrected chi connectivity index (χ3v) is 6.02. The molecule has 0 saturated heterocycles. The smallest absolute Gasteiger partial charge is 0.260 e. The molecule has 1 unspecified atom stereocenters. The van der Waals surface area contributed by atoms with Gasteiger partial charge in [-0.2, -0.15) is 4.98 Å². The number of aromatic nitrogens is 2. The molecule has 2 amide bonds. The number of para-hydroxylation sites is 1. The van der Waals surface area contributed by atoms with Crippen molar-refractivity contribution in [1.29, 1.82) is 0 Å². The summed E-state index contributed by atoms with van der Waals surface area (Å²) < 4.78 is 5.42. The first kappa shape index (κ1) is 23.5. The summed E-state index contributed by atoms with van der Waals surface area (Å²) in [6.07, 6.45) is 0. The van der Waals surface area contributed by atoms with E-state index >= 15 is 0 Å². The van der Waals surface area contributed by atoms with Gasteiger partial charge in [-0.05, 0) is 44.5 Å². The Hall–Kier alpha value is -3.13. The van der Waals surface area contributed by atoms with Gasteiger partial charge in [0.15, 0.2) is 5.82 Å². The summed E-state index contributed by atoms with van der Waals surface area (Å²) in [5.41, 5.74) is 4.05. The van der Waals surface area contributed by atoms with Gasteiger partial charge in [0, 0.05) is 11.6 Å².